The third-order valence-electron chi connectivity index (χ3n) is 5.28. The van der Waals surface area contributed by atoms with Gasteiger partial charge in [-0.05, 0) is 57.2 Å². The van der Waals surface area contributed by atoms with Crippen molar-refractivity contribution in [3.63, 3.8) is 0 Å². The third-order valence-corrected chi connectivity index (χ3v) is 5.28. The molecule has 1 aliphatic heterocycles. The number of aliphatic imine (C=N–C) groups is 1. The van der Waals surface area contributed by atoms with Crippen LogP contribution in [0.15, 0.2) is 29.3 Å². The Morgan fingerprint density at radius 3 is 2.81 bits per heavy atom. The first-order valence-corrected chi connectivity index (χ1v) is 11.3. The molecule has 2 rings (SSSR count). The van der Waals surface area contributed by atoms with Crippen LogP contribution < -0.4 is 16.4 Å². The first-order valence-electron chi connectivity index (χ1n) is 11.3. The van der Waals surface area contributed by atoms with Crippen LogP contribution in [0.3, 0.4) is 0 Å². The van der Waals surface area contributed by atoms with E-state index in [9.17, 15) is 4.79 Å². The SMILES string of the molecule is CCNC(=NCc1cccc(CN2CCCC(C(N)=O)C2)c1)NCCCCOCC.I. The number of hydrogen-bond donors (Lipinski definition) is 3. The van der Waals surface area contributed by atoms with Crippen LogP contribution in [-0.4, -0.2) is 56.2 Å². The Kier molecular flexibility index (Phi) is 14.5. The maximum atomic E-state index is 11.5. The molecule has 1 fully saturated rings. The maximum Gasteiger partial charge on any atom is 0.221 e. The van der Waals surface area contributed by atoms with Gasteiger partial charge in [-0.25, -0.2) is 4.99 Å². The van der Waals surface area contributed by atoms with E-state index in [1.165, 1.54) is 11.1 Å². The summed E-state index contributed by atoms with van der Waals surface area (Å²) in [5.74, 6) is 0.651. The molecular formula is C23H40IN5O2. The molecule has 7 nitrogen and oxygen atoms in total. The third kappa shape index (κ3) is 11.2. The second kappa shape index (κ2) is 16.3. The smallest absolute Gasteiger partial charge is 0.221 e. The van der Waals surface area contributed by atoms with E-state index in [0.29, 0.717) is 6.54 Å². The van der Waals surface area contributed by atoms with E-state index in [2.05, 4.69) is 46.7 Å². The zero-order valence-electron chi connectivity index (χ0n) is 19.1. The van der Waals surface area contributed by atoms with Gasteiger partial charge in [-0.15, -0.1) is 24.0 Å². The van der Waals surface area contributed by atoms with Crippen molar-refractivity contribution in [2.75, 3.05) is 39.4 Å². The summed E-state index contributed by atoms with van der Waals surface area (Å²) in [6.07, 6.45) is 4.05. The summed E-state index contributed by atoms with van der Waals surface area (Å²) in [5.41, 5.74) is 7.94. The summed E-state index contributed by atoms with van der Waals surface area (Å²) in [6.45, 7) is 10.7. The van der Waals surface area contributed by atoms with Crippen molar-refractivity contribution < 1.29 is 9.53 Å². The number of hydrogen-bond acceptors (Lipinski definition) is 4. The van der Waals surface area contributed by atoms with Crippen molar-refractivity contribution in [1.29, 1.82) is 0 Å². The van der Waals surface area contributed by atoms with Gasteiger partial charge in [0.25, 0.3) is 0 Å². The summed E-state index contributed by atoms with van der Waals surface area (Å²) < 4.78 is 5.38. The molecule has 176 valence electrons. The Labute approximate surface area is 204 Å². The predicted molar refractivity (Wildman–Crippen MR) is 138 cm³/mol. The van der Waals surface area contributed by atoms with E-state index in [4.69, 9.17) is 15.5 Å². The molecular weight excluding hydrogens is 505 g/mol. The van der Waals surface area contributed by atoms with Gasteiger partial charge in [-0.3, -0.25) is 9.69 Å². The number of guanidine groups is 1. The van der Waals surface area contributed by atoms with E-state index < -0.39 is 0 Å². The minimum Gasteiger partial charge on any atom is -0.382 e. The average Bonchev–Trinajstić information content (AvgIpc) is 2.75. The predicted octanol–water partition coefficient (Wildman–Crippen LogP) is 2.87. The molecule has 0 aliphatic carbocycles. The van der Waals surface area contributed by atoms with Crippen LogP contribution in [-0.2, 0) is 22.6 Å². The van der Waals surface area contributed by atoms with Crippen molar-refractivity contribution in [1.82, 2.24) is 15.5 Å². The summed E-state index contributed by atoms with van der Waals surface area (Å²) in [4.78, 5) is 18.6. The number of unbranched alkanes of at least 4 members (excludes halogenated alkanes) is 1. The molecule has 1 saturated heterocycles. The fourth-order valence-electron chi connectivity index (χ4n) is 3.71. The lowest BCUT2D eigenvalue weighted by Crippen LogP contribution is -2.40. The number of amides is 1. The molecule has 1 amide bonds. The van der Waals surface area contributed by atoms with Crippen molar-refractivity contribution in [3.05, 3.63) is 35.4 Å². The molecule has 1 unspecified atom stereocenters. The molecule has 0 bridgehead atoms. The molecule has 31 heavy (non-hydrogen) atoms. The fraction of sp³-hybridized carbons (Fsp3) is 0.652. The van der Waals surface area contributed by atoms with E-state index in [1.807, 2.05) is 6.92 Å². The molecule has 1 aromatic carbocycles. The van der Waals surface area contributed by atoms with Gasteiger partial charge >= 0.3 is 0 Å². The monoisotopic (exact) mass is 545 g/mol. The van der Waals surface area contributed by atoms with Crippen molar-refractivity contribution in [2.45, 2.75) is 52.6 Å². The molecule has 0 aromatic heterocycles. The molecule has 1 heterocycles. The second-order valence-electron chi connectivity index (χ2n) is 7.82. The van der Waals surface area contributed by atoms with Crippen LogP contribution in [0, 0.1) is 5.92 Å². The van der Waals surface area contributed by atoms with Gasteiger partial charge in [-0.2, -0.15) is 0 Å². The first-order chi connectivity index (χ1) is 14.6. The van der Waals surface area contributed by atoms with Gasteiger partial charge in [-0.1, -0.05) is 24.3 Å². The highest BCUT2D eigenvalue weighted by atomic mass is 127. The van der Waals surface area contributed by atoms with Crippen LogP contribution in [0.4, 0.5) is 0 Å². The largest absolute Gasteiger partial charge is 0.382 e. The number of nitrogens with two attached hydrogens (primary N) is 1. The molecule has 1 aromatic rings. The number of carbonyl (C=O) groups is 1. The number of primary amides is 1. The highest BCUT2D eigenvalue weighted by molar-refractivity contribution is 14.0. The Bertz CT molecular complexity index is 671. The van der Waals surface area contributed by atoms with Crippen molar-refractivity contribution >= 4 is 35.8 Å². The lowest BCUT2D eigenvalue weighted by atomic mass is 9.97. The lowest BCUT2D eigenvalue weighted by Gasteiger charge is -2.31. The number of ether oxygens (including phenoxy) is 1. The van der Waals surface area contributed by atoms with Gasteiger partial charge in [0.1, 0.15) is 0 Å². The number of nitrogens with one attached hydrogen (secondary N) is 2. The summed E-state index contributed by atoms with van der Waals surface area (Å²) in [6, 6.07) is 8.55. The summed E-state index contributed by atoms with van der Waals surface area (Å²) >= 11 is 0. The molecule has 1 aliphatic rings. The van der Waals surface area contributed by atoms with Gasteiger partial charge in [0, 0.05) is 39.4 Å². The highest BCUT2D eigenvalue weighted by Gasteiger charge is 2.23. The number of rotatable bonds is 12. The average molecular weight is 546 g/mol. The van der Waals surface area contributed by atoms with E-state index in [0.717, 1.165) is 77.6 Å². The highest BCUT2D eigenvalue weighted by Crippen LogP contribution is 2.19. The van der Waals surface area contributed by atoms with Crippen molar-refractivity contribution in [3.8, 4) is 0 Å². The summed E-state index contributed by atoms with van der Waals surface area (Å²) in [7, 11) is 0. The van der Waals surface area contributed by atoms with Crippen LogP contribution >= 0.6 is 24.0 Å². The first kappa shape index (κ1) is 27.6. The maximum absolute atomic E-state index is 11.5. The molecule has 4 N–H and O–H groups in total. The standard InChI is InChI=1S/C23H39N5O2.HI/c1-3-25-23(26-12-5-6-14-30-4-2)27-16-19-9-7-10-20(15-19)17-28-13-8-11-21(18-28)22(24)29;/h7,9-10,15,21H,3-6,8,11-14,16-18H2,1-2H3,(H2,24,29)(H2,25,26,27);1H. The minimum atomic E-state index is -0.177. The number of likely N-dealkylation sites (tertiary alicyclic amines) is 1. The topological polar surface area (TPSA) is 92.0 Å². The number of carbonyl (C=O) groups excluding carboxylic acids is 1. The number of piperidine rings is 1. The molecule has 1 atom stereocenters. The van der Waals surface area contributed by atoms with Crippen LogP contribution in [0.2, 0.25) is 0 Å². The number of halogens is 1. The van der Waals surface area contributed by atoms with Gasteiger partial charge in [0.05, 0.1) is 12.5 Å². The second-order valence-corrected chi connectivity index (χ2v) is 7.82. The molecule has 8 heteroatoms. The van der Waals surface area contributed by atoms with Crippen molar-refractivity contribution in [2.24, 2.45) is 16.6 Å². The van der Waals surface area contributed by atoms with Gasteiger partial charge in [0.15, 0.2) is 5.96 Å². The molecule has 0 spiro atoms. The molecule has 0 radical (unpaired) electrons. The summed E-state index contributed by atoms with van der Waals surface area (Å²) in [5, 5.41) is 6.70. The fourth-order valence-corrected chi connectivity index (χ4v) is 3.71. The Morgan fingerprint density at radius 2 is 2.06 bits per heavy atom. The number of nitrogens with zero attached hydrogens (tertiary/aromatic N) is 2. The Balaban J connectivity index is 0.00000480. The van der Waals surface area contributed by atoms with E-state index >= 15 is 0 Å². The zero-order chi connectivity index (χ0) is 21.6. The van der Waals surface area contributed by atoms with E-state index in [1.54, 1.807) is 0 Å². The Hall–Kier alpha value is -1.39. The zero-order valence-corrected chi connectivity index (χ0v) is 21.4. The number of benzene rings is 1. The molecule has 0 saturated carbocycles. The van der Waals surface area contributed by atoms with Gasteiger partial charge < -0.3 is 21.1 Å². The van der Waals surface area contributed by atoms with Crippen LogP contribution in [0.5, 0.6) is 0 Å². The Morgan fingerprint density at radius 1 is 1.26 bits per heavy atom. The lowest BCUT2D eigenvalue weighted by molar-refractivity contribution is -0.123. The van der Waals surface area contributed by atoms with Crippen LogP contribution in [0.1, 0.15) is 50.7 Å². The van der Waals surface area contributed by atoms with Gasteiger partial charge in [0.2, 0.25) is 5.91 Å². The quantitative estimate of drug-likeness (QED) is 0.163. The minimum absolute atomic E-state index is 0. The van der Waals surface area contributed by atoms with E-state index in [-0.39, 0.29) is 35.8 Å². The normalized spacial score (nSPS) is 17.1. The van der Waals surface area contributed by atoms with Crippen LogP contribution in [0.25, 0.3) is 0 Å².